The van der Waals surface area contributed by atoms with Crippen molar-refractivity contribution in [2.75, 3.05) is 31.1 Å². The molecule has 0 aromatic heterocycles. The zero-order valence-electron chi connectivity index (χ0n) is 14.2. The molecule has 1 unspecified atom stereocenters. The first-order valence-electron chi connectivity index (χ1n) is 9.02. The molecule has 3 fully saturated rings. The minimum absolute atomic E-state index is 0.147. The third-order valence-electron chi connectivity index (χ3n) is 5.61. The van der Waals surface area contributed by atoms with Crippen molar-refractivity contribution in [3.63, 3.8) is 0 Å². The Morgan fingerprint density at radius 2 is 1.96 bits per heavy atom. The van der Waals surface area contributed by atoms with Gasteiger partial charge in [-0.2, -0.15) is 0 Å². The maximum Gasteiger partial charge on any atom is 0.256 e. The van der Waals surface area contributed by atoms with Gasteiger partial charge in [-0.1, -0.05) is 12.1 Å². The number of piperidine rings is 1. The molecule has 0 radical (unpaired) electrons. The number of halogens is 1. The number of benzene rings is 1. The fourth-order valence-corrected chi connectivity index (χ4v) is 4.01. The quantitative estimate of drug-likeness (QED) is 0.853. The zero-order chi connectivity index (χ0) is 16.7. The number of ether oxygens (including phenoxy) is 1. The monoisotopic (exact) mass is 332 g/mol. The molecule has 1 spiro atoms. The molecular formula is C19H25FN2O2. The number of rotatable bonds is 3. The number of morpholine rings is 1. The van der Waals surface area contributed by atoms with Crippen LogP contribution in [-0.2, 0) is 9.53 Å². The highest BCUT2D eigenvalue weighted by atomic mass is 19.1. The van der Waals surface area contributed by atoms with E-state index in [4.69, 9.17) is 4.74 Å². The molecular weight excluding hydrogens is 307 g/mol. The number of para-hydroxylation sites is 1. The molecule has 0 bridgehead atoms. The molecule has 1 amide bonds. The van der Waals surface area contributed by atoms with Gasteiger partial charge in [-0.3, -0.25) is 4.79 Å². The van der Waals surface area contributed by atoms with Gasteiger partial charge in [0, 0.05) is 19.6 Å². The number of anilines is 1. The second kappa shape index (κ2) is 6.12. The highest BCUT2D eigenvalue weighted by molar-refractivity contribution is 5.97. The number of hydrogen-bond donors (Lipinski definition) is 0. The molecule has 1 saturated carbocycles. The number of amides is 1. The van der Waals surface area contributed by atoms with E-state index < -0.39 is 6.10 Å². The highest BCUT2D eigenvalue weighted by Gasteiger charge is 2.46. The average molecular weight is 332 g/mol. The summed E-state index contributed by atoms with van der Waals surface area (Å²) in [5, 5.41) is 0. The number of likely N-dealkylation sites (tertiary alicyclic amines) is 1. The van der Waals surface area contributed by atoms with E-state index in [0.29, 0.717) is 12.2 Å². The summed E-state index contributed by atoms with van der Waals surface area (Å²) in [6.07, 6.45) is 4.02. The summed E-state index contributed by atoms with van der Waals surface area (Å²) in [5.41, 5.74) is 0.0350. The van der Waals surface area contributed by atoms with Crippen molar-refractivity contribution >= 4 is 11.6 Å². The molecule has 5 heteroatoms. The number of carbonyl (C=O) groups excluding carboxylic acids is 1. The lowest BCUT2D eigenvalue weighted by Gasteiger charge is -2.49. The lowest BCUT2D eigenvalue weighted by Crippen LogP contribution is -2.61. The normalized spacial score (nSPS) is 27.7. The molecule has 130 valence electrons. The zero-order valence-corrected chi connectivity index (χ0v) is 14.2. The van der Waals surface area contributed by atoms with E-state index in [-0.39, 0.29) is 17.3 Å². The standard InChI is InChI=1S/C19H25FN2O2/c1-14-18(23)22(17-5-3-2-4-16(17)20)13-19(24-14)8-10-21(11-9-19)12-15-6-7-15/h2-5,14-15H,6-13H2,1H3. The van der Waals surface area contributed by atoms with Crippen LogP contribution in [0.15, 0.2) is 24.3 Å². The Morgan fingerprint density at radius 3 is 2.62 bits per heavy atom. The van der Waals surface area contributed by atoms with E-state index >= 15 is 0 Å². The van der Waals surface area contributed by atoms with Crippen LogP contribution in [0.2, 0.25) is 0 Å². The van der Waals surface area contributed by atoms with Crippen molar-refractivity contribution in [3.8, 4) is 0 Å². The summed E-state index contributed by atoms with van der Waals surface area (Å²) < 4.78 is 20.3. The summed E-state index contributed by atoms with van der Waals surface area (Å²) in [6, 6.07) is 6.52. The average Bonchev–Trinajstić information content (AvgIpc) is 3.38. The van der Waals surface area contributed by atoms with Gasteiger partial charge in [-0.05, 0) is 50.7 Å². The van der Waals surface area contributed by atoms with Gasteiger partial charge >= 0.3 is 0 Å². The molecule has 2 aliphatic heterocycles. The van der Waals surface area contributed by atoms with E-state index in [2.05, 4.69) is 4.90 Å². The molecule has 4 rings (SSSR count). The van der Waals surface area contributed by atoms with Gasteiger partial charge < -0.3 is 14.5 Å². The Morgan fingerprint density at radius 1 is 1.25 bits per heavy atom. The van der Waals surface area contributed by atoms with Crippen molar-refractivity contribution in [3.05, 3.63) is 30.1 Å². The first kappa shape index (κ1) is 16.0. The van der Waals surface area contributed by atoms with Gasteiger partial charge in [0.15, 0.2) is 0 Å². The summed E-state index contributed by atoms with van der Waals surface area (Å²) in [4.78, 5) is 16.7. The van der Waals surface area contributed by atoms with Crippen LogP contribution in [0.3, 0.4) is 0 Å². The maximum absolute atomic E-state index is 14.2. The summed E-state index contributed by atoms with van der Waals surface area (Å²) in [5.74, 6) is 0.397. The second-order valence-corrected chi connectivity index (χ2v) is 7.56. The summed E-state index contributed by atoms with van der Waals surface area (Å²) >= 11 is 0. The second-order valence-electron chi connectivity index (χ2n) is 7.56. The van der Waals surface area contributed by atoms with E-state index in [1.165, 1.54) is 25.5 Å². The number of nitrogens with zero attached hydrogens (tertiary/aromatic N) is 2. The molecule has 2 heterocycles. The molecule has 1 aromatic rings. The molecule has 1 aromatic carbocycles. The Labute approximate surface area is 142 Å². The van der Waals surface area contributed by atoms with Gasteiger partial charge in [0.05, 0.1) is 17.8 Å². The van der Waals surface area contributed by atoms with Crippen LogP contribution < -0.4 is 4.90 Å². The molecule has 0 N–H and O–H groups in total. The molecule has 1 aliphatic carbocycles. The van der Waals surface area contributed by atoms with Gasteiger partial charge in [0.25, 0.3) is 5.91 Å². The largest absolute Gasteiger partial charge is 0.360 e. The minimum Gasteiger partial charge on any atom is -0.360 e. The fraction of sp³-hybridized carbons (Fsp3) is 0.632. The first-order valence-corrected chi connectivity index (χ1v) is 9.02. The SMILES string of the molecule is CC1OC2(CCN(CC3CC3)CC2)CN(c2ccccc2F)C1=O. The van der Waals surface area contributed by atoms with Crippen LogP contribution >= 0.6 is 0 Å². The van der Waals surface area contributed by atoms with Crippen LogP contribution in [0, 0.1) is 11.7 Å². The van der Waals surface area contributed by atoms with E-state index in [9.17, 15) is 9.18 Å². The van der Waals surface area contributed by atoms with Gasteiger partial charge in [-0.15, -0.1) is 0 Å². The molecule has 24 heavy (non-hydrogen) atoms. The van der Waals surface area contributed by atoms with E-state index in [0.717, 1.165) is 31.8 Å². The summed E-state index contributed by atoms with van der Waals surface area (Å²) in [6.45, 7) is 5.44. The van der Waals surface area contributed by atoms with Crippen LogP contribution in [0.25, 0.3) is 0 Å². The van der Waals surface area contributed by atoms with E-state index in [1.54, 1.807) is 30.0 Å². The maximum atomic E-state index is 14.2. The Kier molecular flexibility index (Phi) is 4.09. The topological polar surface area (TPSA) is 32.8 Å². The van der Waals surface area contributed by atoms with Crippen molar-refractivity contribution in [2.24, 2.45) is 5.92 Å². The Balaban J connectivity index is 1.51. The minimum atomic E-state index is -0.520. The number of hydrogen-bond acceptors (Lipinski definition) is 3. The van der Waals surface area contributed by atoms with Crippen LogP contribution in [0.5, 0.6) is 0 Å². The van der Waals surface area contributed by atoms with Gasteiger partial charge in [0.2, 0.25) is 0 Å². The number of carbonyl (C=O) groups is 1. The van der Waals surface area contributed by atoms with E-state index in [1.807, 2.05) is 0 Å². The predicted octanol–water partition coefficient (Wildman–Crippen LogP) is 2.82. The lowest BCUT2D eigenvalue weighted by atomic mass is 9.88. The third-order valence-corrected chi connectivity index (χ3v) is 5.61. The van der Waals surface area contributed by atoms with Gasteiger partial charge in [-0.25, -0.2) is 4.39 Å². The Hall–Kier alpha value is -1.46. The third kappa shape index (κ3) is 3.07. The smallest absolute Gasteiger partial charge is 0.256 e. The summed E-state index contributed by atoms with van der Waals surface area (Å²) in [7, 11) is 0. The van der Waals surface area contributed by atoms with Crippen LogP contribution in [-0.4, -0.2) is 48.7 Å². The van der Waals surface area contributed by atoms with Crippen molar-refractivity contribution in [1.82, 2.24) is 4.90 Å². The fourth-order valence-electron chi connectivity index (χ4n) is 4.01. The first-order chi connectivity index (χ1) is 11.6. The molecule has 3 aliphatic rings. The van der Waals surface area contributed by atoms with Crippen molar-refractivity contribution in [2.45, 2.75) is 44.3 Å². The van der Waals surface area contributed by atoms with Crippen LogP contribution in [0.1, 0.15) is 32.6 Å². The predicted molar refractivity (Wildman–Crippen MR) is 90.4 cm³/mol. The highest BCUT2D eigenvalue weighted by Crippen LogP contribution is 2.37. The molecule has 1 atom stereocenters. The van der Waals surface area contributed by atoms with Crippen molar-refractivity contribution in [1.29, 1.82) is 0 Å². The lowest BCUT2D eigenvalue weighted by molar-refractivity contribution is -0.161. The van der Waals surface area contributed by atoms with Crippen LogP contribution in [0.4, 0.5) is 10.1 Å². The van der Waals surface area contributed by atoms with Gasteiger partial charge in [0.1, 0.15) is 11.9 Å². The molecule has 2 saturated heterocycles. The Bertz CT molecular complexity index is 624. The van der Waals surface area contributed by atoms with Crippen molar-refractivity contribution < 1.29 is 13.9 Å². The molecule has 4 nitrogen and oxygen atoms in total.